The summed E-state index contributed by atoms with van der Waals surface area (Å²) in [4.78, 5) is 36.2. The predicted octanol–water partition coefficient (Wildman–Crippen LogP) is 3.23. The number of rotatable bonds is 10. The number of ketones is 1. The van der Waals surface area contributed by atoms with Crippen molar-refractivity contribution in [3.05, 3.63) is 101 Å². The lowest BCUT2D eigenvalue weighted by atomic mass is 9.96. The third kappa shape index (κ3) is 9.28. The maximum absolute atomic E-state index is 12.3. The number of carbonyl (C=O) groups is 3. The third-order valence-electron chi connectivity index (χ3n) is 6.05. The van der Waals surface area contributed by atoms with Gasteiger partial charge in [0.2, 0.25) is 5.91 Å². The van der Waals surface area contributed by atoms with Crippen molar-refractivity contribution in [2.75, 3.05) is 18.5 Å². The Balaban J connectivity index is 1.48. The molecule has 0 fully saturated rings. The van der Waals surface area contributed by atoms with Crippen LogP contribution in [0.15, 0.2) is 78.9 Å². The summed E-state index contributed by atoms with van der Waals surface area (Å²) >= 11 is 0. The first-order valence-electron chi connectivity index (χ1n) is 12.6. The number of hydrogen-bond donors (Lipinski definition) is 4. The quantitative estimate of drug-likeness (QED) is 0.305. The third-order valence-corrected chi connectivity index (χ3v) is 6.05. The van der Waals surface area contributed by atoms with Crippen LogP contribution in [0.5, 0.6) is 0 Å². The highest BCUT2D eigenvalue weighted by atomic mass is 16.3. The van der Waals surface area contributed by atoms with Crippen LogP contribution in [0.1, 0.15) is 52.7 Å². The Hall–Kier alpha value is -4.69. The standard InChI is InChI=1S/C32H31N3O4/c1-23(26-9-3-2-4-10-26)11-20-31(38)34-28-18-14-25(15-19-28)8-6-5-7-24-12-16-27(17-13-24)32(39)35-29(21-33)30(37)22-36/h2-4,9-10,12-19,23,29,36H,11,20-22,33H2,1H3,(H,34,38)(H,35,39)/t23-,29-/m0/s1. The van der Waals surface area contributed by atoms with E-state index in [0.717, 1.165) is 12.0 Å². The molecule has 2 atom stereocenters. The van der Waals surface area contributed by atoms with Crippen LogP contribution in [0.25, 0.3) is 0 Å². The second kappa shape index (κ2) is 14.9. The van der Waals surface area contributed by atoms with Gasteiger partial charge in [-0.05, 0) is 78.3 Å². The highest BCUT2D eigenvalue weighted by molar-refractivity contribution is 5.98. The highest BCUT2D eigenvalue weighted by Gasteiger charge is 2.18. The molecule has 2 amide bonds. The van der Waals surface area contributed by atoms with Gasteiger partial charge >= 0.3 is 0 Å². The monoisotopic (exact) mass is 521 g/mol. The van der Waals surface area contributed by atoms with Crippen molar-refractivity contribution in [3.63, 3.8) is 0 Å². The second-order valence-corrected chi connectivity index (χ2v) is 8.94. The molecular formula is C32H31N3O4. The maximum atomic E-state index is 12.3. The molecule has 0 saturated carbocycles. The summed E-state index contributed by atoms with van der Waals surface area (Å²) in [6.45, 7) is 1.34. The van der Waals surface area contributed by atoms with Crippen molar-refractivity contribution >= 4 is 23.3 Å². The van der Waals surface area contributed by atoms with Crippen LogP contribution in [0.4, 0.5) is 5.69 Å². The summed E-state index contributed by atoms with van der Waals surface area (Å²) in [5.41, 5.74) is 9.19. The first kappa shape index (κ1) is 28.9. The summed E-state index contributed by atoms with van der Waals surface area (Å²) in [6, 6.07) is 23.0. The molecule has 0 aliphatic carbocycles. The van der Waals surface area contributed by atoms with Gasteiger partial charge in [-0.1, -0.05) is 49.1 Å². The van der Waals surface area contributed by atoms with Crippen LogP contribution in [-0.4, -0.2) is 41.9 Å². The number of anilines is 1. The van der Waals surface area contributed by atoms with Gasteiger partial charge in [0.1, 0.15) is 12.6 Å². The average molecular weight is 522 g/mol. The van der Waals surface area contributed by atoms with E-state index >= 15 is 0 Å². The van der Waals surface area contributed by atoms with Gasteiger partial charge in [0.15, 0.2) is 5.78 Å². The molecule has 3 aromatic rings. The van der Waals surface area contributed by atoms with E-state index in [4.69, 9.17) is 10.8 Å². The molecule has 39 heavy (non-hydrogen) atoms. The molecule has 7 heteroatoms. The van der Waals surface area contributed by atoms with Gasteiger partial charge in [-0.25, -0.2) is 0 Å². The molecule has 5 N–H and O–H groups in total. The SMILES string of the molecule is C[C@@H](CCC(=O)Nc1ccc(C#CC#Cc2ccc(C(=O)N[C@@H](CN)C(=O)CO)cc2)cc1)c1ccccc1. The highest BCUT2D eigenvalue weighted by Crippen LogP contribution is 2.20. The minimum atomic E-state index is -0.934. The van der Waals surface area contributed by atoms with Gasteiger partial charge in [0.25, 0.3) is 5.91 Å². The molecule has 0 heterocycles. The van der Waals surface area contributed by atoms with Crippen LogP contribution in [0.3, 0.4) is 0 Å². The van der Waals surface area contributed by atoms with E-state index in [2.05, 4.69) is 53.4 Å². The summed E-state index contributed by atoms with van der Waals surface area (Å²) in [5.74, 6) is 10.7. The number of carbonyl (C=O) groups excluding carboxylic acids is 3. The summed E-state index contributed by atoms with van der Waals surface area (Å²) in [5, 5.41) is 14.4. The van der Waals surface area contributed by atoms with Crippen LogP contribution >= 0.6 is 0 Å². The minimum absolute atomic E-state index is 0.0242. The van der Waals surface area contributed by atoms with E-state index in [9.17, 15) is 14.4 Å². The van der Waals surface area contributed by atoms with Gasteiger partial charge in [-0.15, -0.1) is 0 Å². The summed E-state index contributed by atoms with van der Waals surface area (Å²) in [6.07, 6.45) is 1.21. The molecule has 0 unspecified atom stereocenters. The van der Waals surface area contributed by atoms with E-state index in [0.29, 0.717) is 29.2 Å². The molecular weight excluding hydrogens is 490 g/mol. The number of nitrogens with two attached hydrogens (primary N) is 1. The molecule has 7 nitrogen and oxygen atoms in total. The molecule has 0 aliphatic heterocycles. The smallest absolute Gasteiger partial charge is 0.251 e. The molecule has 0 radical (unpaired) electrons. The van der Waals surface area contributed by atoms with E-state index in [1.807, 2.05) is 42.5 Å². The van der Waals surface area contributed by atoms with Crippen LogP contribution in [0.2, 0.25) is 0 Å². The summed E-state index contributed by atoms with van der Waals surface area (Å²) < 4.78 is 0. The number of Topliss-reactive ketones (excluding diaryl/α,β-unsaturated/α-hetero) is 1. The lowest BCUT2D eigenvalue weighted by Gasteiger charge is -2.14. The van der Waals surface area contributed by atoms with Gasteiger partial charge in [0.05, 0.1) is 0 Å². The normalized spacial score (nSPS) is 11.6. The zero-order valence-corrected chi connectivity index (χ0v) is 21.7. The van der Waals surface area contributed by atoms with Crippen LogP contribution in [-0.2, 0) is 9.59 Å². The first-order chi connectivity index (χ1) is 18.9. The maximum Gasteiger partial charge on any atom is 0.251 e. The first-order valence-corrected chi connectivity index (χ1v) is 12.6. The lowest BCUT2D eigenvalue weighted by molar-refractivity contribution is -0.123. The topological polar surface area (TPSA) is 122 Å². The largest absolute Gasteiger partial charge is 0.388 e. The number of aliphatic hydroxyl groups excluding tert-OH is 1. The van der Waals surface area contributed by atoms with Gasteiger partial charge < -0.3 is 21.5 Å². The molecule has 3 aromatic carbocycles. The molecule has 0 spiro atoms. The Morgan fingerprint density at radius 2 is 1.46 bits per heavy atom. The van der Waals surface area contributed by atoms with Gasteiger partial charge in [-0.3, -0.25) is 14.4 Å². The predicted molar refractivity (Wildman–Crippen MR) is 152 cm³/mol. The van der Waals surface area contributed by atoms with E-state index < -0.39 is 24.3 Å². The number of benzene rings is 3. The fourth-order valence-electron chi connectivity index (χ4n) is 3.69. The molecule has 0 bridgehead atoms. The molecule has 0 aromatic heterocycles. The van der Waals surface area contributed by atoms with Crippen molar-refractivity contribution < 1.29 is 19.5 Å². The number of amides is 2. The Morgan fingerprint density at radius 3 is 2.03 bits per heavy atom. The van der Waals surface area contributed by atoms with Crippen LogP contribution in [0, 0.1) is 23.7 Å². The number of aliphatic hydroxyl groups is 1. The zero-order chi connectivity index (χ0) is 28.0. The molecule has 0 saturated heterocycles. The lowest BCUT2D eigenvalue weighted by Crippen LogP contribution is -2.46. The number of hydrogen-bond acceptors (Lipinski definition) is 5. The van der Waals surface area contributed by atoms with E-state index in [1.165, 1.54) is 5.56 Å². The Labute approximate surface area is 228 Å². The summed E-state index contributed by atoms with van der Waals surface area (Å²) in [7, 11) is 0. The fourth-order valence-corrected chi connectivity index (χ4v) is 3.69. The van der Waals surface area contributed by atoms with Crippen molar-refractivity contribution in [3.8, 4) is 23.7 Å². The zero-order valence-electron chi connectivity index (χ0n) is 21.7. The average Bonchev–Trinajstić information content (AvgIpc) is 2.97. The van der Waals surface area contributed by atoms with Crippen molar-refractivity contribution in [1.82, 2.24) is 5.32 Å². The van der Waals surface area contributed by atoms with E-state index in [1.54, 1.807) is 24.3 Å². The Bertz CT molecular complexity index is 1390. The van der Waals surface area contributed by atoms with Gasteiger partial charge in [-0.2, -0.15) is 0 Å². The van der Waals surface area contributed by atoms with Gasteiger partial charge in [0, 0.05) is 35.3 Å². The Kier molecular flexibility index (Phi) is 11.0. The molecule has 198 valence electrons. The minimum Gasteiger partial charge on any atom is -0.388 e. The Morgan fingerprint density at radius 1 is 0.872 bits per heavy atom. The van der Waals surface area contributed by atoms with Crippen LogP contribution < -0.4 is 16.4 Å². The number of nitrogens with one attached hydrogen (secondary N) is 2. The second-order valence-electron chi connectivity index (χ2n) is 8.94. The fraction of sp³-hybridized carbons (Fsp3) is 0.219. The van der Waals surface area contributed by atoms with Crippen molar-refractivity contribution in [1.29, 1.82) is 0 Å². The molecule has 0 aliphatic rings. The van der Waals surface area contributed by atoms with Crippen molar-refractivity contribution in [2.24, 2.45) is 5.73 Å². The van der Waals surface area contributed by atoms with Crippen molar-refractivity contribution in [2.45, 2.75) is 31.7 Å². The van der Waals surface area contributed by atoms with E-state index in [-0.39, 0.29) is 12.5 Å². The molecule has 3 rings (SSSR count).